The van der Waals surface area contributed by atoms with E-state index in [1.54, 1.807) is 11.0 Å². The number of hydrogen-bond acceptors (Lipinski definition) is 4. The van der Waals surface area contributed by atoms with Crippen LogP contribution in [0, 0.1) is 5.92 Å². The molecule has 92 valence electrons. The lowest BCUT2D eigenvalue weighted by Gasteiger charge is -2.24. The van der Waals surface area contributed by atoms with Crippen molar-refractivity contribution >= 4 is 5.91 Å². The number of carbonyl (C=O) groups excluding carboxylic acids is 1. The van der Waals surface area contributed by atoms with Gasteiger partial charge in [0.25, 0.3) is 5.91 Å². The standard InChI is InChI=1S/C12H16N2O3/c1-8-4-6-14(9(8)7-15)12(17)11-10(16)3-2-5-13-11/h2-3,5,8-9,15-16H,4,6-7H2,1H3. The Morgan fingerprint density at radius 3 is 3.06 bits per heavy atom. The summed E-state index contributed by atoms with van der Waals surface area (Å²) in [6, 6.07) is 2.83. The molecular weight excluding hydrogens is 220 g/mol. The average molecular weight is 236 g/mol. The van der Waals surface area contributed by atoms with Crippen LogP contribution in [0.3, 0.4) is 0 Å². The van der Waals surface area contributed by atoms with Crippen LogP contribution in [0.4, 0.5) is 0 Å². The summed E-state index contributed by atoms with van der Waals surface area (Å²) in [5.74, 6) is -0.157. The summed E-state index contributed by atoms with van der Waals surface area (Å²) in [5.41, 5.74) is 0.0556. The highest BCUT2D eigenvalue weighted by molar-refractivity contribution is 5.95. The number of pyridine rings is 1. The predicted molar refractivity (Wildman–Crippen MR) is 61.6 cm³/mol. The van der Waals surface area contributed by atoms with Crippen molar-refractivity contribution in [2.24, 2.45) is 5.92 Å². The van der Waals surface area contributed by atoms with Gasteiger partial charge < -0.3 is 15.1 Å². The molecule has 0 spiro atoms. The first-order valence-electron chi connectivity index (χ1n) is 5.71. The number of carbonyl (C=O) groups is 1. The van der Waals surface area contributed by atoms with Crippen LogP contribution in [0.15, 0.2) is 18.3 Å². The number of amides is 1. The van der Waals surface area contributed by atoms with Crippen LogP contribution in [0.2, 0.25) is 0 Å². The molecule has 0 bridgehead atoms. The second-order valence-corrected chi connectivity index (χ2v) is 4.39. The molecule has 0 aliphatic carbocycles. The van der Waals surface area contributed by atoms with Crippen LogP contribution >= 0.6 is 0 Å². The molecule has 5 nitrogen and oxygen atoms in total. The first-order valence-corrected chi connectivity index (χ1v) is 5.71. The molecule has 2 rings (SSSR count). The van der Waals surface area contributed by atoms with Crippen molar-refractivity contribution in [3.05, 3.63) is 24.0 Å². The maximum absolute atomic E-state index is 12.2. The lowest BCUT2D eigenvalue weighted by molar-refractivity contribution is 0.0639. The number of nitrogens with zero attached hydrogens (tertiary/aromatic N) is 2. The van der Waals surface area contributed by atoms with E-state index < -0.39 is 0 Å². The van der Waals surface area contributed by atoms with Gasteiger partial charge in [-0.25, -0.2) is 4.98 Å². The fourth-order valence-corrected chi connectivity index (χ4v) is 2.24. The summed E-state index contributed by atoms with van der Waals surface area (Å²) in [4.78, 5) is 17.7. The van der Waals surface area contributed by atoms with Gasteiger partial charge in [-0.3, -0.25) is 4.79 Å². The van der Waals surface area contributed by atoms with Crippen LogP contribution in [0.25, 0.3) is 0 Å². The van der Waals surface area contributed by atoms with Crippen molar-refractivity contribution in [2.75, 3.05) is 13.2 Å². The van der Waals surface area contributed by atoms with Crippen molar-refractivity contribution in [1.29, 1.82) is 0 Å². The highest BCUT2D eigenvalue weighted by atomic mass is 16.3. The van der Waals surface area contributed by atoms with E-state index in [1.807, 2.05) is 6.92 Å². The number of aliphatic hydroxyl groups excluding tert-OH is 1. The lowest BCUT2D eigenvalue weighted by atomic mass is 10.0. The van der Waals surface area contributed by atoms with Crippen LogP contribution in [0.5, 0.6) is 5.75 Å². The van der Waals surface area contributed by atoms with Crippen LogP contribution < -0.4 is 0 Å². The SMILES string of the molecule is CC1CCN(C(=O)c2ncccc2O)C1CO. The van der Waals surface area contributed by atoms with E-state index in [-0.39, 0.29) is 35.9 Å². The van der Waals surface area contributed by atoms with E-state index in [9.17, 15) is 15.0 Å². The van der Waals surface area contributed by atoms with Gasteiger partial charge in [-0.2, -0.15) is 0 Å². The van der Waals surface area contributed by atoms with E-state index in [4.69, 9.17) is 0 Å². The van der Waals surface area contributed by atoms with Crippen LogP contribution in [-0.2, 0) is 0 Å². The molecule has 1 fully saturated rings. The molecule has 2 unspecified atom stereocenters. The molecule has 1 aromatic heterocycles. The first-order chi connectivity index (χ1) is 8.15. The Kier molecular flexibility index (Phi) is 3.28. The zero-order valence-electron chi connectivity index (χ0n) is 9.71. The van der Waals surface area contributed by atoms with Gasteiger partial charge in [-0.05, 0) is 24.5 Å². The third kappa shape index (κ3) is 2.10. The minimum Gasteiger partial charge on any atom is -0.505 e. The molecule has 0 saturated carbocycles. The van der Waals surface area contributed by atoms with Crippen LogP contribution in [-0.4, -0.2) is 45.2 Å². The number of aromatic nitrogens is 1. The Morgan fingerprint density at radius 2 is 2.41 bits per heavy atom. The Balaban J connectivity index is 2.24. The van der Waals surface area contributed by atoms with Crippen molar-refractivity contribution in [3.8, 4) is 5.75 Å². The van der Waals surface area contributed by atoms with E-state index in [0.717, 1.165) is 6.42 Å². The summed E-state index contributed by atoms with van der Waals surface area (Å²) in [6.45, 7) is 2.55. The largest absolute Gasteiger partial charge is 0.505 e. The number of hydrogen-bond donors (Lipinski definition) is 2. The molecule has 2 atom stereocenters. The Hall–Kier alpha value is -1.62. The third-order valence-corrected chi connectivity index (χ3v) is 3.32. The fraction of sp³-hybridized carbons (Fsp3) is 0.500. The summed E-state index contributed by atoms with van der Waals surface area (Å²) < 4.78 is 0. The van der Waals surface area contributed by atoms with Gasteiger partial charge in [0.1, 0.15) is 5.75 Å². The van der Waals surface area contributed by atoms with Gasteiger partial charge >= 0.3 is 0 Å². The monoisotopic (exact) mass is 236 g/mol. The number of aromatic hydroxyl groups is 1. The minimum atomic E-state index is -0.313. The lowest BCUT2D eigenvalue weighted by Crippen LogP contribution is -2.40. The Bertz CT molecular complexity index is 422. The molecule has 0 radical (unpaired) electrons. The number of aliphatic hydroxyl groups is 1. The first kappa shape index (κ1) is 11.9. The summed E-state index contributed by atoms with van der Waals surface area (Å²) in [6.07, 6.45) is 2.34. The van der Waals surface area contributed by atoms with Crippen LogP contribution in [0.1, 0.15) is 23.8 Å². The molecule has 2 N–H and O–H groups in total. The third-order valence-electron chi connectivity index (χ3n) is 3.32. The van der Waals surface area contributed by atoms with E-state index in [2.05, 4.69) is 4.98 Å². The van der Waals surface area contributed by atoms with Gasteiger partial charge in [0.05, 0.1) is 12.6 Å². The van der Waals surface area contributed by atoms with Gasteiger partial charge in [0, 0.05) is 12.7 Å². The average Bonchev–Trinajstić information content (AvgIpc) is 2.70. The summed E-state index contributed by atoms with van der Waals surface area (Å²) >= 11 is 0. The predicted octanol–water partition coefficient (Wildman–Crippen LogP) is 0.630. The zero-order chi connectivity index (χ0) is 12.4. The second-order valence-electron chi connectivity index (χ2n) is 4.39. The Morgan fingerprint density at radius 1 is 1.65 bits per heavy atom. The van der Waals surface area contributed by atoms with E-state index in [0.29, 0.717) is 6.54 Å². The maximum atomic E-state index is 12.2. The second kappa shape index (κ2) is 4.71. The van der Waals surface area contributed by atoms with Gasteiger partial charge in [0.15, 0.2) is 5.69 Å². The van der Waals surface area contributed by atoms with Gasteiger partial charge in [-0.1, -0.05) is 6.92 Å². The highest BCUT2D eigenvalue weighted by Crippen LogP contribution is 2.26. The molecule has 17 heavy (non-hydrogen) atoms. The topological polar surface area (TPSA) is 73.7 Å². The van der Waals surface area contributed by atoms with Gasteiger partial charge in [-0.15, -0.1) is 0 Å². The quantitative estimate of drug-likeness (QED) is 0.790. The zero-order valence-corrected chi connectivity index (χ0v) is 9.71. The van der Waals surface area contributed by atoms with Crippen molar-refractivity contribution in [2.45, 2.75) is 19.4 Å². The Labute approximate surface area is 99.7 Å². The fourth-order valence-electron chi connectivity index (χ4n) is 2.24. The number of likely N-dealkylation sites (tertiary alicyclic amines) is 1. The normalized spacial score (nSPS) is 24.0. The molecule has 1 aromatic rings. The minimum absolute atomic E-state index is 0.0551. The van der Waals surface area contributed by atoms with Crippen molar-refractivity contribution in [3.63, 3.8) is 0 Å². The van der Waals surface area contributed by atoms with Crippen molar-refractivity contribution < 1.29 is 15.0 Å². The molecule has 5 heteroatoms. The number of rotatable bonds is 2. The molecule has 2 heterocycles. The highest BCUT2D eigenvalue weighted by Gasteiger charge is 2.35. The molecule has 1 aliphatic heterocycles. The van der Waals surface area contributed by atoms with E-state index in [1.165, 1.54) is 12.3 Å². The van der Waals surface area contributed by atoms with E-state index >= 15 is 0 Å². The molecule has 1 aliphatic rings. The molecule has 1 saturated heterocycles. The van der Waals surface area contributed by atoms with Gasteiger partial charge in [0.2, 0.25) is 0 Å². The molecule has 1 amide bonds. The van der Waals surface area contributed by atoms with Crippen molar-refractivity contribution in [1.82, 2.24) is 9.88 Å². The summed E-state index contributed by atoms with van der Waals surface area (Å²) in [7, 11) is 0. The molecule has 0 aromatic carbocycles. The smallest absolute Gasteiger partial charge is 0.276 e. The summed E-state index contributed by atoms with van der Waals surface area (Å²) in [5, 5.41) is 18.9. The molecular formula is C12H16N2O3. The maximum Gasteiger partial charge on any atom is 0.276 e.